The molecule has 0 atom stereocenters. The number of nitrogens with zero attached hydrogens (tertiary/aromatic N) is 3. The smallest absolute Gasteiger partial charge is 0.258 e. The van der Waals surface area contributed by atoms with Gasteiger partial charge in [-0.25, -0.2) is 9.97 Å². The largest absolute Gasteiger partial charge is 0.326 e. The van der Waals surface area contributed by atoms with Crippen LogP contribution in [0, 0.1) is 0 Å². The lowest BCUT2D eigenvalue weighted by Crippen LogP contribution is -2.18. The van der Waals surface area contributed by atoms with Crippen LogP contribution in [0.25, 0.3) is 0 Å². The molecule has 1 aromatic heterocycles. The molecule has 2 heterocycles. The minimum absolute atomic E-state index is 0.170. The fourth-order valence-electron chi connectivity index (χ4n) is 3.21. The summed E-state index contributed by atoms with van der Waals surface area (Å²) >= 11 is 0. The normalized spacial score (nSPS) is 12.4. The highest BCUT2D eigenvalue weighted by Crippen LogP contribution is 2.31. The SMILES string of the molecule is CC(=O)Nc1cccc(NC(=O)c2cnc(N3CCc4ccccc43)nc2)c1. The third kappa shape index (κ3) is 3.68. The quantitative estimate of drug-likeness (QED) is 0.732. The monoisotopic (exact) mass is 373 g/mol. The van der Waals surface area contributed by atoms with Crippen LogP contribution >= 0.6 is 0 Å². The van der Waals surface area contributed by atoms with Gasteiger partial charge in [0.2, 0.25) is 11.9 Å². The first-order chi connectivity index (χ1) is 13.6. The van der Waals surface area contributed by atoms with E-state index >= 15 is 0 Å². The first kappa shape index (κ1) is 17.7. The molecule has 0 saturated carbocycles. The van der Waals surface area contributed by atoms with Gasteiger partial charge in [-0.15, -0.1) is 0 Å². The van der Waals surface area contributed by atoms with Crippen molar-refractivity contribution in [3.05, 3.63) is 72.1 Å². The molecule has 0 saturated heterocycles. The summed E-state index contributed by atoms with van der Waals surface area (Å²) in [4.78, 5) is 34.5. The van der Waals surface area contributed by atoms with Crippen molar-refractivity contribution in [2.75, 3.05) is 22.1 Å². The molecule has 0 aliphatic carbocycles. The summed E-state index contributed by atoms with van der Waals surface area (Å²) in [7, 11) is 0. The van der Waals surface area contributed by atoms with E-state index in [0.717, 1.165) is 18.7 Å². The number of carbonyl (C=O) groups excluding carboxylic acids is 2. The fraction of sp³-hybridized carbons (Fsp3) is 0.143. The van der Waals surface area contributed by atoms with Crippen LogP contribution in [0.1, 0.15) is 22.8 Å². The molecule has 0 spiro atoms. The Labute approximate surface area is 162 Å². The van der Waals surface area contributed by atoms with E-state index in [1.165, 1.54) is 24.9 Å². The van der Waals surface area contributed by atoms with Gasteiger partial charge in [-0.2, -0.15) is 0 Å². The van der Waals surface area contributed by atoms with Gasteiger partial charge >= 0.3 is 0 Å². The van der Waals surface area contributed by atoms with Crippen molar-refractivity contribution in [3.8, 4) is 0 Å². The second kappa shape index (κ2) is 7.48. The van der Waals surface area contributed by atoms with E-state index in [4.69, 9.17) is 0 Å². The van der Waals surface area contributed by atoms with Crippen LogP contribution in [0.2, 0.25) is 0 Å². The molecule has 3 aromatic rings. The minimum Gasteiger partial charge on any atom is -0.326 e. The van der Waals surface area contributed by atoms with Gasteiger partial charge in [-0.3, -0.25) is 9.59 Å². The Morgan fingerprint density at radius 3 is 2.43 bits per heavy atom. The highest BCUT2D eigenvalue weighted by atomic mass is 16.2. The Morgan fingerprint density at radius 1 is 0.964 bits per heavy atom. The van der Waals surface area contributed by atoms with E-state index < -0.39 is 0 Å². The van der Waals surface area contributed by atoms with E-state index in [1.807, 2.05) is 23.1 Å². The second-order valence-electron chi connectivity index (χ2n) is 6.52. The van der Waals surface area contributed by atoms with Crippen LogP contribution in [-0.2, 0) is 11.2 Å². The zero-order valence-electron chi connectivity index (χ0n) is 15.3. The third-order valence-corrected chi connectivity index (χ3v) is 4.47. The maximum atomic E-state index is 12.5. The molecule has 0 radical (unpaired) electrons. The van der Waals surface area contributed by atoms with Crippen molar-refractivity contribution in [1.29, 1.82) is 0 Å². The summed E-state index contributed by atoms with van der Waals surface area (Å²) in [5, 5.41) is 5.48. The van der Waals surface area contributed by atoms with Crippen molar-refractivity contribution in [3.63, 3.8) is 0 Å². The predicted molar refractivity (Wildman–Crippen MR) is 108 cm³/mol. The van der Waals surface area contributed by atoms with E-state index in [1.54, 1.807) is 24.3 Å². The molecule has 2 amide bonds. The number of hydrogen-bond acceptors (Lipinski definition) is 5. The van der Waals surface area contributed by atoms with Gasteiger partial charge < -0.3 is 15.5 Å². The number of fused-ring (bicyclic) bond motifs is 1. The summed E-state index contributed by atoms with van der Waals surface area (Å²) in [5.74, 6) is 0.0958. The molecule has 2 aromatic carbocycles. The number of para-hydroxylation sites is 1. The van der Waals surface area contributed by atoms with Gasteiger partial charge in [0.15, 0.2) is 0 Å². The maximum absolute atomic E-state index is 12.5. The summed E-state index contributed by atoms with van der Waals surface area (Å²) in [6, 6.07) is 15.1. The topological polar surface area (TPSA) is 87.2 Å². The van der Waals surface area contributed by atoms with E-state index in [-0.39, 0.29) is 11.8 Å². The van der Waals surface area contributed by atoms with Crippen molar-refractivity contribution < 1.29 is 9.59 Å². The van der Waals surface area contributed by atoms with Crippen molar-refractivity contribution >= 4 is 34.8 Å². The molecule has 0 bridgehead atoms. The predicted octanol–water partition coefficient (Wildman–Crippen LogP) is 3.38. The Morgan fingerprint density at radius 2 is 1.68 bits per heavy atom. The molecule has 7 heteroatoms. The molecule has 28 heavy (non-hydrogen) atoms. The highest BCUT2D eigenvalue weighted by Gasteiger charge is 2.22. The van der Waals surface area contributed by atoms with E-state index in [9.17, 15) is 9.59 Å². The van der Waals surface area contributed by atoms with Gasteiger partial charge in [0.25, 0.3) is 5.91 Å². The molecule has 7 nitrogen and oxygen atoms in total. The Bertz CT molecular complexity index is 1030. The standard InChI is InChI=1S/C21H19N5O2/c1-14(27)24-17-6-4-7-18(11-17)25-20(28)16-12-22-21(23-13-16)26-10-9-15-5-2-3-8-19(15)26/h2-8,11-13H,9-10H2,1H3,(H,24,27)(H,25,28). The first-order valence-corrected chi connectivity index (χ1v) is 8.96. The lowest BCUT2D eigenvalue weighted by molar-refractivity contribution is -0.114. The van der Waals surface area contributed by atoms with Gasteiger partial charge in [0.1, 0.15) is 0 Å². The van der Waals surface area contributed by atoms with Crippen LogP contribution in [0.15, 0.2) is 60.9 Å². The van der Waals surface area contributed by atoms with Gasteiger partial charge in [0, 0.05) is 42.9 Å². The number of aromatic nitrogens is 2. The molecule has 140 valence electrons. The average molecular weight is 373 g/mol. The Hall–Kier alpha value is -3.74. The molecule has 0 unspecified atom stereocenters. The number of anilines is 4. The number of carbonyl (C=O) groups is 2. The molecule has 1 aliphatic rings. The minimum atomic E-state index is -0.312. The molecular formula is C21H19N5O2. The molecule has 1 aliphatic heterocycles. The van der Waals surface area contributed by atoms with Crippen molar-refractivity contribution in [2.24, 2.45) is 0 Å². The third-order valence-electron chi connectivity index (χ3n) is 4.47. The molecule has 4 rings (SSSR count). The summed E-state index contributed by atoms with van der Waals surface area (Å²) in [6.45, 7) is 2.25. The second-order valence-corrected chi connectivity index (χ2v) is 6.52. The summed E-state index contributed by atoms with van der Waals surface area (Å²) in [6.07, 6.45) is 4.00. The number of benzene rings is 2. The lowest BCUT2D eigenvalue weighted by atomic mass is 10.2. The maximum Gasteiger partial charge on any atom is 0.258 e. The zero-order valence-corrected chi connectivity index (χ0v) is 15.3. The lowest BCUT2D eigenvalue weighted by Gasteiger charge is -2.17. The van der Waals surface area contributed by atoms with Crippen LogP contribution in [-0.4, -0.2) is 28.3 Å². The first-order valence-electron chi connectivity index (χ1n) is 8.96. The van der Waals surface area contributed by atoms with Crippen molar-refractivity contribution in [2.45, 2.75) is 13.3 Å². The van der Waals surface area contributed by atoms with Gasteiger partial charge in [-0.05, 0) is 36.2 Å². The number of hydrogen-bond donors (Lipinski definition) is 2. The van der Waals surface area contributed by atoms with Crippen LogP contribution in [0.3, 0.4) is 0 Å². The van der Waals surface area contributed by atoms with E-state index in [0.29, 0.717) is 22.9 Å². The summed E-state index contributed by atoms with van der Waals surface area (Å²) < 4.78 is 0. The molecular weight excluding hydrogens is 354 g/mol. The number of rotatable bonds is 4. The fourth-order valence-corrected chi connectivity index (χ4v) is 3.21. The van der Waals surface area contributed by atoms with E-state index in [2.05, 4.69) is 26.7 Å². The van der Waals surface area contributed by atoms with Crippen molar-refractivity contribution in [1.82, 2.24) is 9.97 Å². The summed E-state index contributed by atoms with van der Waals surface area (Å²) in [5.41, 5.74) is 3.93. The highest BCUT2D eigenvalue weighted by molar-refractivity contribution is 6.04. The molecule has 0 fully saturated rings. The van der Waals surface area contributed by atoms with Gasteiger partial charge in [0.05, 0.1) is 5.56 Å². The number of amides is 2. The van der Waals surface area contributed by atoms with Gasteiger partial charge in [-0.1, -0.05) is 24.3 Å². The van der Waals surface area contributed by atoms with Crippen LogP contribution in [0.4, 0.5) is 23.0 Å². The number of nitrogens with one attached hydrogen (secondary N) is 2. The Kier molecular flexibility index (Phi) is 4.72. The molecule has 2 N–H and O–H groups in total. The Balaban J connectivity index is 1.47. The van der Waals surface area contributed by atoms with Crippen LogP contribution in [0.5, 0.6) is 0 Å². The van der Waals surface area contributed by atoms with Crippen LogP contribution < -0.4 is 15.5 Å². The zero-order chi connectivity index (χ0) is 19.5. The average Bonchev–Trinajstić information content (AvgIpc) is 3.12.